The van der Waals surface area contributed by atoms with Gasteiger partial charge in [0.05, 0.1) is 42.2 Å². The number of oxime groups is 1. The molecule has 23 heteroatoms. The number of carbonyl (C=O) groups is 4. The van der Waals surface area contributed by atoms with Crippen LogP contribution in [0.25, 0.3) is 28.2 Å². The molecule has 22 nitrogen and oxygen atoms in total. The second-order valence-electron chi connectivity index (χ2n) is 19.0. The van der Waals surface area contributed by atoms with E-state index in [4.69, 9.17) is 30.0 Å². The van der Waals surface area contributed by atoms with Crippen molar-refractivity contribution in [2.24, 2.45) is 22.7 Å². The topological polar surface area (TPSA) is 270 Å². The Labute approximate surface area is 452 Å². The van der Waals surface area contributed by atoms with Crippen molar-refractivity contribution < 1.29 is 54.6 Å². The molecule has 4 aromatic heterocycles. The number of anilines is 2. The molecule has 2 aromatic carbocycles. The number of hydrogen-bond donors (Lipinski definition) is 3. The van der Waals surface area contributed by atoms with Crippen LogP contribution >= 0.6 is 0 Å². The number of carbonyl (C=O) groups excluding carboxylic acids is 4. The van der Waals surface area contributed by atoms with Gasteiger partial charge in [0.15, 0.2) is 12.6 Å². The Kier molecular flexibility index (Phi) is 21.0. The minimum absolute atomic E-state index is 0. The van der Waals surface area contributed by atoms with Crippen LogP contribution < -0.4 is 21.1 Å². The molecule has 2 aliphatic rings. The van der Waals surface area contributed by atoms with Crippen LogP contribution in [0.3, 0.4) is 0 Å². The number of aryl methyl sites for hydroxylation is 4. The number of likely N-dealkylation sites (tertiary alicyclic amines) is 1. The molecule has 6 N–H and O–H groups in total. The first-order valence-corrected chi connectivity index (χ1v) is 25.0. The number of aromatic nitrogens is 8. The molecular formula is C52H71N15O7W. The fourth-order valence-corrected chi connectivity index (χ4v) is 8.58. The molecule has 8 rings (SSSR count). The quantitative estimate of drug-likeness (QED) is 0.0234. The molecule has 0 radical (unpaired) electrons. The number of morpholine rings is 1. The van der Waals surface area contributed by atoms with Gasteiger partial charge in [0.2, 0.25) is 11.9 Å². The molecule has 1 spiro atoms. The molecule has 75 heavy (non-hydrogen) atoms. The summed E-state index contributed by atoms with van der Waals surface area (Å²) in [6.45, 7) is 23.7. The zero-order valence-corrected chi connectivity index (χ0v) is 47.4. The summed E-state index contributed by atoms with van der Waals surface area (Å²) in [7, 11) is 0. The molecule has 4 amide bonds. The van der Waals surface area contributed by atoms with Crippen molar-refractivity contribution in [3.8, 4) is 5.75 Å². The van der Waals surface area contributed by atoms with Gasteiger partial charge >= 0.3 is 21.1 Å². The molecular weight excluding hydrogens is 1130 g/mol. The van der Waals surface area contributed by atoms with E-state index in [-0.39, 0.29) is 76.1 Å². The third-order valence-corrected chi connectivity index (χ3v) is 13.0. The Morgan fingerprint density at radius 2 is 1.47 bits per heavy atom. The average molecular weight is 1200 g/mol. The fourth-order valence-electron chi connectivity index (χ4n) is 8.58. The number of ether oxygens (including phenoxy) is 2. The second kappa shape index (κ2) is 26.7. The molecule has 6 aromatic rings. The van der Waals surface area contributed by atoms with E-state index in [1.165, 1.54) is 6.21 Å². The van der Waals surface area contributed by atoms with Crippen LogP contribution in [0.5, 0.6) is 5.75 Å². The molecule has 0 bridgehead atoms. The maximum Gasteiger partial charge on any atom is 2.00 e. The maximum absolute atomic E-state index is 13.8. The number of nitrogens with zero attached hydrogens (tertiary/aromatic N) is 11. The smallest absolute Gasteiger partial charge is 0.693 e. The molecule has 2 aliphatic heterocycles. The molecule has 0 unspecified atom stereocenters. The summed E-state index contributed by atoms with van der Waals surface area (Å²) in [5.41, 5.74) is 10.1. The number of amides is 4. The monoisotopic (exact) mass is 1200 g/mol. The number of primary amides is 1. The number of hydrogen-bond acceptors (Lipinski definition) is 13. The van der Waals surface area contributed by atoms with E-state index in [1.807, 2.05) is 49.0 Å². The Morgan fingerprint density at radius 1 is 0.867 bits per heavy atom. The summed E-state index contributed by atoms with van der Waals surface area (Å²) in [5.74, 6) is 1.36. The first kappa shape index (κ1) is 59.1. The number of benzene rings is 2. The van der Waals surface area contributed by atoms with Gasteiger partial charge in [-0.2, -0.15) is 16.3 Å². The van der Waals surface area contributed by atoms with Crippen molar-refractivity contribution >= 4 is 63.8 Å². The number of fused-ring (bicyclic) bond motifs is 2. The first-order chi connectivity index (χ1) is 35.0. The van der Waals surface area contributed by atoms with Crippen molar-refractivity contribution in [3.63, 3.8) is 0 Å². The zero-order chi connectivity index (χ0) is 52.4. The van der Waals surface area contributed by atoms with Crippen molar-refractivity contribution in [2.75, 3.05) is 63.2 Å². The van der Waals surface area contributed by atoms with Crippen molar-refractivity contribution in [3.05, 3.63) is 95.2 Å². The van der Waals surface area contributed by atoms with Gasteiger partial charge in [-0.25, -0.2) is 4.98 Å². The number of rotatable bonds is 20. The van der Waals surface area contributed by atoms with Gasteiger partial charge in [-0.1, -0.05) is 45.0 Å². The van der Waals surface area contributed by atoms with Gasteiger partial charge in [0.1, 0.15) is 17.0 Å². The number of allylic oxidation sites excluding steroid dienone is 2. The number of nitrogens with one attached hydrogen (secondary N) is 2. The fraction of sp³-hybridized carbons (Fsp3) is 0.481. The van der Waals surface area contributed by atoms with Crippen LogP contribution in [0.1, 0.15) is 97.6 Å². The molecule has 6 heterocycles. The van der Waals surface area contributed by atoms with Crippen LogP contribution in [-0.4, -0.2) is 136 Å². The van der Waals surface area contributed by atoms with E-state index in [1.54, 1.807) is 63.7 Å². The van der Waals surface area contributed by atoms with Crippen molar-refractivity contribution in [1.29, 1.82) is 0 Å². The van der Waals surface area contributed by atoms with Crippen LogP contribution in [0.4, 0.5) is 11.9 Å². The van der Waals surface area contributed by atoms with E-state index in [2.05, 4.69) is 64.6 Å². The zero-order valence-electron chi connectivity index (χ0n) is 44.5. The van der Waals surface area contributed by atoms with Crippen molar-refractivity contribution in [1.82, 2.24) is 48.5 Å². The van der Waals surface area contributed by atoms with Gasteiger partial charge < -0.3 is 40.2 Å². The molecule has 0 aliphatic carbocycles. The second-order valence-corrected chi connectivity index (χ2v) is 19.0. The molecule has 2 fully saturated rings. The predicted molar refractivity (Wildman–Crippen MR) is 284 cm³/mol. The molecule has 0 saturated carbocycles. The van der Waals surface area contributed by atoms with Crippen LogP contribution in [0.15, 0.2) is 59.8 Å². The van der Waals surface area contributed by atoms with E-state index in [0.29, 0.717) is 109 Å². The SMILES string of the molecule is C/C=N\OCC(=O)N1CCOC2(CN(CCCOc3c[c-]cc4nc(NC(=O)c5cc(C)nn5CC)n(C/C=C/Cn5c(NC(=O)c6cc(C)nn6CC)nc6cc(C(N)=O)ccc65)c34)C2)C1.CC(C)C(C)C.[NH2-].[W+2]. The Balaban J connectivity index is 0.00000123. The van der Waals surface area contributed by atoms with Gasteiger partial charge in [-0.15, -0.1) is 12.1 Å². The summed E-state index contributed by atoms with van der Waals surface area (Å²) in [6, 6.07) is 15.1. The molecule has 2 saturated heterocycles. The Morgan fingerprint density at radius 3 is 2.05 bits per heavy atom. The summed E-state index contributed by atoms with van der Waals surface area (Å²) in [5, 5.41) is 18.5. The van der Waals surface area contributed by atoms with Crippen molar-refractivity contribution in [2.45, 2.75) is 101 Å². The van der Waals surface area contributed by atoms with E-state index < -0.39 is 11.5 Å². The van der Waals surface area contributed by atoms with Crippen LogP contribution in [0.2, 0.25) is 0 Å². The minimum atomic E-state index is -0.596. The standard InChI is InChI=1S/C46H55N14O7.C6H14.H2N.W/c1-6-48-67-26-39(61)56-20-22-66-46(29-56)27-55(28-46)17-12-21-65-38-14-11-13-33-40(38)58(45(49-33)52-43(64)37-24-31(5)54-60(37)8-3)19-10-9-18-57-35-16-15-32(41(47)62)25-34(35)50-44(57)51-42(63)36-23-30(4)53-59(36)7-2;1-5(2)6(3)4;;/h6,9-10,13-16,23-25H,7-8,12,17-22,26-29H2,1-5H3,(H2,47,62)(H,49,52,64)(H,50,51,63);5-6H,1-4H3;1H2;/q-1;;-1;+2/b10-9+,48-6-;;;. The van der Waals surface area contributed by atoms with Crippen LogP contribution in [0, 0.1) is 31.7 Å². The molecule has 402 valence electrons. The number of imidazole rings is 2. The van der Waals surface area contributed by atoms with E-state index >= 15 is 0 Å². The summed E-state index contributed by atoms with van der Waals surface area (Å²) < 4.78 is 19.6. The summed E-state index contributed by atoms with van der Waals surface area (Å²) in [4.78, 5) is 70.8. The number of nitrogens with two attached hydrogens (primary N) is 2. The molecule has 0 atom stereocenters. The van der Waals surface area contributed by atoms with E-state index in [0.717, 1.165) is 24.8 Å². The summed E-state index contributed by atoms with van der Waals surface area (Å²) >= 11 is 0. The Hall–Kier alpha value is -6.74. The van der Waals surface area contributed by atoms with Gasteiger partial charge in [-0.05, 0) is 88.7 Å². The predicted octanol–water partition coefficient (Wildman–Crippen LogP) is 6.81. The van der Waals surface area contributed by atoms with Gasteiger partial charge in [0, 0.05) is 75.4 Å². The maximum atomic E-state index is 13.8. The third kappa shape index (κ3) is 14.4. The van der Waals surface area contributed by atoms with Crippen LogP contribution in [-0.2, 0) is 61.6 Å². The summed E-state index contributed by atoms with van der Waals surface area (Å²) in [6.07, 6.45) is 6.06. The van der Waals surface area contributed by atoms with Gasteiger partial charge in [0.25, 0.3) is 17.7 Å². The van der Waals surface area contributed by atoms with Gasteiger partial charge in [-0.3, -0.25) is 49.1 Å². The Bertz CT molecular complexity index is 2980. The normalized spacial score (nSPS) is 14.3. The minimum Gasteiger partial charge on any atom is -0.693 e. The average Bonchev–Trinajstić information content (AvgIpc) is 4.13. The largest absolute Gasteiger partial charge is 2.00 e. The van der Waals surface area contributed by atoms with E-state index in [9.17, 15) is 19.2 Å². The first-order valence-electron chi connectivity index (χ1n) is 25.0. The third-order valence-electron chi connectivity index (χ3n) is 13.0.